The Morgan fingerprint density at radius 2 is 2.00 bits per heavy atom. The van der Waals surface area contributed by atoms with Crippen LogP contribution in [-0.2, 0) is 0 Å². The van der Waals surface area contributed by atoms with Gasteiger partial charge in [-0.2, -0.15) is 0 Å². The Bertz CT molecular complexity index is 155. The highest BCUT2D eigenvalue weighted by molar-refractivity contribution is 6.62. The zero-order chi connectivity index (χ0) is 8.97. The predicted octanol–water partition coefficient (Wildman–Crippen LogP) is 2.69. The monoisotopic (exact) mass is 209 g/mol. The molecular formula is C8H13Cl2NO. The van der Waals surface area contributed by atoms with E-state index in [0.29, 0.717) is 5.92 Å². The molecule has 0 atom stereocenters. The van der Waals surface area contributed by atoms with Crippen LogP contribution in [0, 0.1) is 5.92 Å². The van der Waals surface area contributed by atoms with Gasteiger partial charge < -0.3 is 4.90 Å². The van der Waals surface area contributed by atoms with Gasteiger partial charge in [0.05, 0.1) is 0 Å². The maximum Gasteiger partial charge on any atom is 0.316 e. The van der Waals surface area contributed by atoms with E-state index >= 15 is 0 Å². The summed E-state index contributed by atoms with van der Waals surface area (Å²) in [6.07, 6.45) is 3.15. The molecule has 0 spiro atoms. The molecule has 1 aliphatic rings. The van der Waals surface area contributed by atoms with Gasteiger partial charge in [-0.15, -0.1) is 11.6 Å². The number of carbonyl (C=O) groups is 1. The van der Waals surface area contributed by atoms with Gasteiger partial charge in [0.2, 0.25) is 0 Å². The first-order valence-electron chi connectivity index (χ1n) is 4.24. The minimum atomic E-state index is -0.320. The molecule has 0 N–H and O–H groups in total. The molecule has 12 heavy (non-hydrogen) atoms. The number of halogens is 2. The maximum atomic E-state index is 10.7. The fourth-order valence-corrected chi connectivity index (χ4v) is 2.03. The smallest absolute Gasteiger partial charge is 0.316 e. The van der Waals surface area contributed by atoms with Crippen LogP contribution in [0.5, 0.6) is 0 Å². The van der Waals surface area contributed by atoms with Crippen LogP contribution < -0.4 is 0 Å². The van der Waals surface area contributed by atoms with Gasteiger partial charge in [0.15, 0.2) is 0 Å². The molecule has 1 fully saturated rings. The Morgan fingerprint density at radius 3 is 2.42 bits per heavy atom. The second kappa shape index (κ2) is 4.93. The van der Waals surface area contributed by atoms with Crippen LogP contribution in [0.3, 0.4) is 0 Å². The first-order chi connectivity index (χ1) is 5.74. The van der Waals surface area contributed by atoms with Gasteiger partial charge in [0, 0.05) is 19.0 Å². The molecular weight excluding hydrogens is 197 g/mol. The normalized spacial score (nSPS) is 19.7. The second-order valence-corrected chi connectivity index (χ2v) is 3.86. The van der Waals surface area contributed by atoms with Crippen LogP contribution in [0.1, 0.15) is 19.3 Å². The van der Waals surface area contributed by atoms with Crippen molar-refractivity contribution in [2.24, 2.45) is 5.92 Å². The molecule has 1 amide bonds. The number of amides is 1. The molecule has 1 rings (SSSR count). The van der Waals surface area contributed by atoms with Crippen LogP contribution in [0.25, 0.3) is 0 Å². The van der Waals surface area contributed by atoms with Crippen molar-refractivity contribution < 1.29 is 4.79 Å². The topological polar surface area (TPSA) is 20.3 Å². The van der Waals surface area contributed by atoms with Crippen molar-refractivity contribution in [3.05, 3.63) is 0 Å². The van der Waals surface area contributed by atoms with Crippen LogP contribution >= 0.6 is 23.2 Å². The van der Waals surface area contributed by atoms with Gasteiger partial charge in [-0.05, 0) is 36.8 Å². The number of piperidine rings is 1. The third kappa shape index (κ3) is 2.83. The summed E-state index contributed by atoms with van der Waals surface area (Å²) >= 11 is 11.0. The lowest BCUT2D eigenvalue weighted by atomic mass is 9.95. The highest BCUT2D eigenvalue weighted by Crippen LogP contribution is 2.21. The molecule has 0 aliphatic carbocycles. The molecule has 0 radical (unpaired) electrons. The zero-order valence-electron chi connectivity index (χ0n) is 6.93. The number of carbonyl (C=O) groups excluding carboxylic acids is 1. The Labute approximate surface area is 82.8 Å². The molecule has 0 bridgehead atoms. The fourth-order valence-electron chi connectivity index (χ4n) is 1.55. The minimum Gasteiger partial charge on any atom is -0.329 e. The molecule has 1 saturated heterocycles. The molecule has 0 aromatic rings. The average molecular weight is 210 g/mol. The van der Waals surface area contributed by atoms with Crippen LogP contribution in [0.4, 0.5) is 4.79 Å². The summed E-state index contributed by atoms with van der Waals surface area (Å²) in [4.78, 5) is 12.4. The average Bonchev–Trinajstić information content (AvgIpc) is 2.06. The lowest BCUT2D eigenvalue weighted by molar-refractivity contribution is 0.190. The van der Waals surface area contributed by atoms with Crippen molar-refractivity contribution in [3.63, 3.8) is 0 Å². The first kappa shape index (κ1) is 10.1. The van der Waals surface area contributed by atoms with Crippen LogP contribution in [0.2, 0.25) is 0 Å². The third-order valence-electron chi connectivity index (χ3n) is 2.38. The number of hydrogen-bond donors (Lipinski definition) is 0. The van der Waals surface area contributed by atoms with Gasteiger partial charge in [0.25, 0.3) is 0 Å². The Morgan fingerprint density at radius 1 is 1.42 bits per heavy atom. The Hall–Kier alpha value is 0.0500. The van der Waals surface area contributed by atoms with Crippen molar-refractivity contribution in [2.45, 2.75) is 19.3 Å². The highest BCUT2D eigenvalue weighted by Gasteiger charge is 2.20. The molecule has 0 saturated carbocycles. The van der Waals surface area contributed by atoms with E-state index in [-0.39, 0.29) is 5.37 Å². The standard InChI is InChI=1S/C8H13Cl2NO/c9-4-1-7-2-5-11(6-3-7)8(10)12/h7H,1-6H2. The molecule has 0 aromatic heterocycles. The van der Waals surface area contributed by atoms with E-state index in [2.05, 4.69) is 0 Å². The number of rotatable bonds is 2. The number of likely N-dealkylation sites (tertiary alicyclic amines) is 1. The van der Waals surface area contributed by atoms with Crippen molar-refractivity contribution in [3.8, 4) is 0 Å². The third-order valence-corrected chi connectivity index (χ3v) is 2.84. The summed E-state index contributed by atoms with van der Waals surface area (Å²) in [5, 5.41) is -0.320. The molecule has 0 unspecified atom stereocenters. The van der Waals surface area contributed by atoms with E-state index in [1.54, 1.807) is 4.90 Å². The van der Waals surface area contributed by atoms with E-state index in [1.807, 2.05) is 0 Å². The summed E-state index contributed by atoms with van der Waals surface area (Å²) in [5.74, 6) is 1.41. The van der Waals surface area contributed by atoms with E-state index in [0.717, 1.165) is 38.2 Å². The van der Waals surface area contributed by atoms with Crippen molar-refractivity contribution in [1.82, 2.24) is 4.90 Å². The van der Waals surface area contributed by atoms with Crippen molar-refractivity contribution in [2.75, 3.05) is 19.0 Å². The molecule has 1 aliphatic heterocycles. The summed E-state index contributed by atoms with van der Waals surface area (Å²) in [5.41, 5.74) is 0. The van der Waals surface area contributed by atoms with Crippen molar-refractivity contribution in [1.29, 1.82) is 0 Å². The van der Waals surface area contributed by atoms with Gasteiger partial charge in [-0.3, -0.25) is 4.79 Å². The summed E-state index contributed by atoms with van der Waals surface area (Å²) < 4.78 is 0. The quantitative estimate of drug-likeness (QED) is 0.389. The molecule has 2 nitrogen and oxygen atoms in total. The fraction of sp³-hybridized carbons (Fsp3) is 0.875. The lowest BCUT2D eigenvalue weighted by Crippen LogP contribution is -2.35. The van der Waals surface area contributed by atoms with Gasteiger partial charge >= 0.3 is 5.37 Å². The maximum absolute atomic E-state index is 10.7. The van der Waals surface area contributed by atoms with Gasteiger partial charge in [-0.1, -0.05) is 0 Å². The van der Waals surface area contributed by atoms with E-state index in [9.17, 15) is 4.79 Å². The predicted molar refractivity (Wildman–Crippen MR) is 50.9 cm³/mol. The zero-order valence-corrected chi connectivity index (χ0v) is 8.44. The molecule has 0 aromatic carbocycles. The lowest BCUT2D eigenvalue weighted by Gasteiger charge is -2.29. The first-order valence-corrected chi connectivity index (χ1v) is 5.15. The van der Waals surface area contributed by atoms with E-state index < -0.39 is 0 Å². The van der Waals surface area contributed by atoms with Crippen molar-refractivity contribution >= 4 is 28.6 Å². The Kier molecular flexibility index (Phi) is 4.16. The Balaban J connectivity index is 2.25. The SMILES string of the molecule is O=C(Cl)N1CCC(CCCl)CC1. The minimum absolute atomic E-state index is 0.320. The van der Waals surface area contributed by atoms with E-state index in [4.69, 9.17) is 23.2 Å². The molecule has 70 valence electrons. The number of hydrogen-bond acceptors (Lipinski definition) is 1. The summed E-state index contributed by atoms with van der Waals surface area (Å²) in [7, 11) is 0. The molecule has 1 heterocycles. The summed E-state index contributed by atoms with van der Waals surface area (Å²) in [6.45, 7) is 1.59. The molecule has 4 heteroatoms. The van der Waals surface area contributed by atoms with Crippen LogP contribution in [0.15, 0.2) is 0 Å². The number of nitrogens with zero attached hydrogens (tertiary/aromatic N) is 1. The van der Waals surface area contributed by atoms with Crippen LogP contribution in [-0.4, -0.2) is 29.2 Å². The van der Waals surface area contributed by atoms with Gasteiger partial charge in [-0.25, -0.2) is 0 Å². The number of alkyl halides is 1. The van der Waals surface area contributed by atoms with Gasteiger partial charge in [0.1, 0.15) is 0 Å². The van der Waals surface area contributed by atoms with E-state index in [1.165, 1.54) is 0 Å². The highest BCUT2D eigenvalue weighted by atomic mass is 35.5. The largest absolute Gasteiger partial charge is 0.329 e. The second-order valence-electron chi connectivity index (χ2n) is 3.16. The summed E-state index contributed by atoms with van der Waals surface area (Å²) in [6, 6.07) is 0.